The van der Waals surface area contributed by atoms with E-state index in [2.05, 4.69) is 6.92 Å². The van der Waals surface area contributed by atoms with E-state index in [0.717, 1.165) is 32.4 Å². The van der Waals surface area contributed by atoms with Crippen molar-refractivity contribution < 1.29 is 13.9 Å². The molecule has 1 aromatic heterocycles. The summed E-state index contributed by atoms with van der Waals surface area (Å²) in [6, 6.07) is 3.45. The van der Waals surface area contributed by atoms with Crippen LogP contribution in [0.15, 0.2) is 22.8 Å². The highest BCUT2D eigenvalue weighted by Gasteiger charge is 2.25. The summed E-state index contributed by atoms with van der Waals surface area (Å²) in [4.78, 5) is 13.9. The highest BCUT2D eigenvalue weighted by atomic mass is 16.5. The maximum Gasteiger partial charge on any atom is 0.289 e. The third-order valence-electron chi connectivity index (χ3n) is 2.96. The fourth-order valence-electron chi connectivity index (χ4n) is 2.10. The molecule has 2 rings (SSSR count). The van der Waals surface area contributed by atoms with Gasteiger partial charge in [0, 0.05) is 19.7 Å². The van der Waals surface area contributed by atoms with Crippen LogP contribution < -0.4 is 0 Å². The lowest BCUT2D eigenvalue weighted by Gasteiger charge is -2.32. The molecule has 1 fully saturated rings. The number of nitrogens with zero attached hydrogens (tertiary/aromatic N) is 1. The number of rotatable bonds is 4. The maximum absolute atomic E-state index is 12.1. The molecule has 4 heteroatoms. The average molecular weight is 237 g/mol. The molecule has 0 bridgehead atoms. The van der Waals surface area contributed by atoms with Crippen LogP contribution >= 0.6 is 0 Å². The van der Waals surface area contributed by atoms with Gasteiger partial charge in [-0.05, 0) is 31.4 Å². The first-order valence-corrected chi connectivity index (χ1v) is 6.25. The number of carbonyl (C=O) groups is 1. The minimum atomic E-state index is -0.0280. The first-order valence-electron chi connectivity index (χ1n) is 6.25. The minimum Gasteiger partial charge on any atom is -0.459 e. The number of piperidine rings is 1. The lowest BCUT2D eigenvalue weighted by Crippen LogP contribution is -2.43. The summed E-state index contributed by atoms with van der Waals surface area (Å²) in [7, 11) is 0. The van der Waals surface area contributed by atoms with Gasteiger partial charge in [0.1, 0.15) is 0 Å². The summed E-state index contributed by atoms with van der Waals surface area (Å²) >= 11 is 0. The van der Waals surface area contributed by atoms with Crippen LogP contribution in [-0.4, -0.2) is 36.6 Å². The quantitative estimate of drug-likeness (QED) is 0.807. The SMILES string of the molecule is CCCOC1CCCN(C(=O)c2ccco2)C1. The standard InChI is InChI=1S/C13H19NO3/c1-2-8-16-11-5-3-7-14(10-11)13(15)12-6-4-9-17-12/h4,6,9,11H,2-3,5,7-8,10H2,1H3. The van der Waals surface area contributed by atoms with Crippen LogP contribution in [0, 0.1) is 0 Å². The van der Waals surface area contributed by atoms with Crippen molar-refractivity contribution in [1.82, 2.24) is 4.90 Å². The highest BCUT2D eigenvalue weighted by Crippen LogP contribution is 2.16. The van der Waals surface area contributed by atoms with Gasteiger partial charge in [-0.3, -0.25) is 4.79 Å². The number of hydrogen-bond donors (Lipinski definition) is 0. The van der Waals surface area contributed by atoms with Crippen molar-refractivity contribution in [1.29, 1.82) is 0 Å². The Morgan fingerprint density at radius 1 is 1.65 bits per heavy atom. The molecule has 1 aliphatic heterocycles. The molecule has 94 valence electrons. The summed E-state index contributed by atoms with van der Waals surface area (Å²) in [5.74, 6) is 0.390. The molecule has 4 nitrogen and oxygen atoms in total. The Morgan fingerprint density at radius 2 is 2.53 bits per heavy atom. The molecule has 0 aromatic carbocycles. The summed E-state index contributed by atoms with van der Waals surface area (Å²) in [6.45, 7) is 4.34. The Kier molecular flexibility index (Phi) is 4.20. The second kappa shape index (κ2) is 5.87. The molecule has 1 saturated heterocycles. The van der Waals surface area contributed by atoms with Gasteiger partial charge in [0.15, 0.2) is 5.76 Å². The number of furan rings is 1. The summed E-state index contributed by atoms with van der Waals surface area (Å²) in [6.07, 6.45) is 4.77. The molecular weight excluding hydrogens is 218 g/mol. The molecule has 0 radical (unpaired) electrons. The van der Waals surface area contributed by atoms with Gasteiger partial charge < -0.3 is 14.1 Å². The molecule has 1 atom stereocenters. The van der Waals surface area contributed by atoms with Crippen LogP contribution in [0.25, 0.3) is 0 Å². The van der Waals surface area contributed by atoms with Gasteiger partial charge in [-0.15, -0.1) is 0 Å². The Labute approximate surface area is 102 Å². The van der Waals surface area contributed by atoms with E-state index in [0.29, 0.717) is 12.3 Å². The third-order valence-corrected chi connectivity index (χ3v) is 2.96. The average Bonchev–Trinajstić information content (AvgIpc) is 2.89. The predicted octanol–water partition coefficient (Wildman–Crippen LogP) is 2.31. The molecule has 1 unspecified atom stereocenters. The molecule has 0 aliphatic carbocycles. The molecule has 17 heavy (non-hydrogen) atoms. The molecule has 0 N–H and O–H groups in total. The first-order chi connectivity index (χ1) is 8.31. The Hall–Kier alpha value is -1.29. The zero-order valence-corrected chi connectivity index (χ0v) is 10.2. The van der Waals surface area contributed by atoms with E-state index in [-0.39, 0.29) is 12.0 Å². The van der Waals surface area contributed by atoms with Crippen molar-refractivity contribution in [3.05, 3.63) is 24.2 Å². The fraction of sp³-hybridized carbons (Fsp3) is 0.615. The van der Waals surface area contributed by atoms with Crippen molar-refractivity contribution in [2.75, 3.05) is 19.7 Å². The molecule has 1 aliphatic rings. The van der Waals surface area contributed by atoms with E-state index >= 15 is 0 Å². The number of carbonyl (C=O) groups excluding carboxylic acids is 1. The van der Waals surface area contributed by atoms with Crippen LogP contribution in [0.5, 0.6) is 0 Å². The van der Waals surface area contributed by atoms with Gasteiger partial charge in [0.2, 0.25) is 0 Å². The zero-order chi connectivity index (χ0) is 12.1. The third kappa shape index (κ3) is 3.09. The number of ether oxygens (including phenoxy) is 1. The van der Waals surface area contributed by atoms with Crippen molar-refractivity contribution in [2.45, 2.75) is 32.3 Å². The Bertz CT molecular complexity index is 348. The van der Waals surface area contributed by atoms with E-state index in [1.807, 2.05) is 4.90 Å². The summed E-state index contributed by atoms with van der Waals surface area (Å²) < 4.78 is 10.8. The van der Waals surface area contributed by atoms with Crippen molar-refractivity contribution in [2.24, 2.45) is 0 Å². The van der Waals surface area contributed by atoms with Gasteiger partial charge in [0.05, 0.1) is 12.4 Å². The van der Waals surface area contributed by atoms with E-state index < -0.39 is 0 Å². The lowest BCUT2D eigenvalue weighted by atomic mass is 10.1. The second-order valence-corrected chi connectivity index (χ2v) is 4.36. The van der Waals surface area contributed by atoms with Gasteiger partial charge in [0.25, 0.3) is 5.91 Å². The second-order valence-electron chi connectivity index (χ2n) is 4.36. The molecular formula is C13H19NO3. The van der Waals surface area contributed by atoms with Crippen LogP contribution in [0.2, 0.25) is 0 Å². The smallest absolute Gasteiger partial charge is 0.289 e. The monoisotopic (exact) mass is 237 g/mol. The first kappa shape index (κ1) is 12.2. The Balaban J connectivity index is 1.90. The maximum atomic E-state index is 12.1. The predicted molar refractivity (Wildman–Crippen MR) is 63.9 cm³/mol. The van der Waals surface area contributed by atoms with E-state index in [1.165, 1.54) is 6.26 Å². The lowest BCUT2D eigenvalue weighted by molar-refractivity contribution is 0.00115. The topological polar surface area (TPSA) is 42.7 Å². The van der Waals surface area contributed by atoms with Crippen LogP contribution in [-0.2, 0) is 4.74 Å². The van der Waals surface area contributed by atoms with Gasteiger partial charge in [-0.25, -0.2) is 0 Å². The van der Waals surface area contributed by atoms with Crippen LogP contribution in [0.3, 0.4) is 0 Å². The molecule has 0 saturated carbocycles. The fourth-order valence-corrected chi connectivity index (χ4v) is 2.10. The van der Waals surface area contributed by atoms with E-state index in [4.69, 9.17) is 9.15 Å². The molecule has 2 heterocycles. The number of amides is 1. The minimum absolute atomic E-state index is 0.0280. The molecule has 1 aromatic rings. The van der Waals surface area contributed by atoms with E-state index in [9.17, 15) is 4.79 Å². The number of hydrogen-bond acceptors (Lipinski definition) is 3. The van der Waals surface area contributed by atoms with Crippen LogP contribution in [0.1, 0.15) is 36.7 Å². The zero-order valence-electron chi connectivity index (χ0n) is 10.2. The molecule has 1 amide bonds. The number of likely N-dealkylation sites (tertiary alicyclic amines) is 1. The molecule has 0 spiro atoms. The summed E-state index contributed by atoms with van der Waals surface area (Å²) in [5.41, 5.74) is 0. The van der Waals surface area contributed by atoms with Gasteiger partial charge in [-0.2, -0.15) is 0 Å². The van der Waals surface area contributed by atoms with Crippen molar-refractivity contribution in [3.8, 4) is 0 Å². The van der Waals surface area contributed by atoms with Gasteiger partial charge in [-0.1, -0.05) is 6.92 Å². The normalized spacial score (nSPS) is 20.5. The summed E-state index contributed by atoms with van der Waals surface area (Å²) in [5, 5.41) is 0. The van der Waals surface area contributed by atoms with Crippen LogP contribution in [0.4, 0.5) is 0 Å². The van der Waals surface area contributed by atoms with E-state index in [1.54, 1.807) is 12.1 Å². The van der Waals surface area contributed by atoms with Crippen molar-refractivity contribution in [3.63, 3.8) is 0 Å². The van der Waals surface area contributed by atoms with Gasteiger partial charge >= 0.3 is 0 Å². The highest BCUT2D eigenvalue weighted by molar-refractivity contribution is 5.91. The largest absolute Gasteiger partial charge is 0.459 e. The van der Waals surface area contributed by atoms with Crippen molar-refractivity contribution >= 4 is 5.91 Å². The Morgan fingerprint density at radius 3 is 3.24 bits per heavy atom.